The van der Waals surface area contributed by atoms with Gasteiger partial charge in [0.25, 0.3) is 0 Å². The molecule has 1 aliphatic carbocycles. The van der Waals surface area contributed by atoms with Crippen LogP contribution in [0.15, 0.2) is 11.6 Å². The van der Waals surface area contributed by atoms with Crippen molar-refractivity contribution in [3.8, 4) is 0 Å². The van der Waals surface area contributed by atoms with Crippen LogP contribution in [0.25, 0.3) is 0 Å². The van der Waals surface area contributed by atoms with E-state index in [-0.39, 0.29) is 11.2 Å². The standard InChI is InChI=1S/C12H20O2/c1-4-10-5-6-12(9-11(10,2)3)13-7-8-14-12/h5H,4,6-9H2,1-3H3. The van der Waals surface area contributed by atoms with Crippen molar-refractivity contribution < 1.29 is 9.47 Å². The molecule has 2 rings (SSSR count). The third kappa shape index (κ3) is 1.61. The summed E-state index contributed by atoms with van der Waals surface area (Å²) in [6.07, 6.45) is 5.39. The maximum absolute atomic E-state index is 5.74. The molecule has 1 saturated heterocycles. The molecule has 0 aromatic heterocycles. The Balaban J connectivity index is 2.20. The van der Waals surface area contributed by atoms with Gasteiger partial charge >= 0.3 is 0 Å². The predicted octanol–water partition coefficient (Wildman–Crippen LogP) is 2.89. The fourth-order valence-electron chi connectivity index (χ4n) is 2.75. The highest BCUT2D eigenvalue weighted by Gasteiger charge is 2.44. The average molecular weight is 196 g/mol. The third-order valence-electron chi connectivity index (χ3n) is 3.43. The largest absolute Gasteiger partial charge is 0.347 e. The van der Waals surface area contributed by atoms with E-state index in [1.165, 1.54) is 0 Å². The van der Waals surface area contributed by atoms with Crippen LogP contribution in [0.1, 0.15) is 40.0 Å². The minimum atomic E-state index is -0.290. The van der Waals surface area contributed by atoms with Gasteiger partial charge in [0.2, 0.25) is 0 Å². The second kappa shape index (κ2) is 3.35. The van der Waals surface area contributed by atoms with Gasteiger partial charge in [-0.1, -0.05) is 32.4 Å². The SMILES string of the molecule is CCC1=CCC2(CC1(C)C)OCCO2. The van der Waals surface area contributed by atoms with Gasteiger partial charge in [-0.05, 0) is 11.8 Å². The van der Waals surface area contributed by atoms with E-state index in [0.29, 0.717) is 0 Å². The smallest absolute Gasteiger partial charge is 0.172 e. The number of hydrogen-bond donors (Lipinski definition) is 0. The molecular weight excluding hydrogens is 176 g/mol. The molecular formula is C12H20O2. The van der Waals surface area contributed by atoms with Crippen LogP contribution in [0.4, 0.5) is 0 Å². The summed E-state index contributed by atoms with van der Waals surface area (Å²) in [6.45, 7) is 8.31. The molecule has 0 aromatic rings. The minimum absolute atomic E-state index is 0.233. The fourth-order valence-corrected chi connectivity index (χ4v) is 2.75. The van der Waals surface area contributed by atoms with Crippen molar-refractivity contribution in [2.45, 2.75) is 45.8 Å². The molecule has 2 aliphatic rings. The monoisotopic (exact) mass is 196 g/mol. The number of rotatable bonds is 1. The van der Waals surface area contributed by atoms with E-state index < -0.39 is 0 Å². The second-order valence-corrected chi connectivity index (χ2v) is 4.96. The molecule has 0 saturated carbocycles. The summed E-state index contributed by atoms with van der Waals surface area (Å²) in [7, 11) is 0. The zero-order valence-corrected chi connectivity index (χ0v) is 9.43. The summed E-state index contributed by atoms with van der Waals surface area (Å²) in [6, 6.07) is 0. The number of ether oxygens (including phenoxy) is 2. The van der Waals surface area contributed by atoms with Gasteiger partial charge < -0.3 is 9.47 Å². The first-order valence-corrected chi connectivity index (χ1v) is 5.55. The fraction of sp³-hybridized carbons (Fsp3) is 0.833. The molecule has 0 radical (unpaired) electrons. The highest BCUT2D eigenvalue weighted by Crippen LogP contribution is 2.46. The van der Waals surface area contributed by atoms with Gasteiger partial charge in [-0.15, -0.1) is 0 Å². The summed E-state index contributed by atoms with van der Waals surface area (Å²) >= 11 is 0. The molecule has 80 valence electrons. The molecule has 1 spiro atoms. The Morgan fingerprint density at radius 1 is 1.29 bits per heavy atom. The molecule has 2 heteroatoms. The van der Waals surface area contributed by atoms with E-state index in [4.69, 9.17) is 9.47 Å². The summed E-state index contributed by atoms with van der Waals surface area (Å²) < 4.78 is 11.5. The van der Waals surface area contributed by atoms with Crippen molar-refractivity contribution in [1.29, 1.82) is 0 Å². The number of allylic oxidation sites excluding steroid dienone is 1. The molecule has 2 nitrogen and oxygen atoms in total. The maximum Gasteiger partial charge on any atom is 0.172 e. The van der Waals surface area contributed by atoms with Crippen molar-refractivity contribution in [3.05, 3.63) is 11.6 Å². The molecule has 0 bridgehead atoms. The van der Waals surface area contributed by atoms with Crippen LogP contribution in [0.3, 0.4) is 0 Å². The molecule has 1 fully saturated rings. The molecule has 1 aliphatic heterocycles. The maximum atomic E-state index is 5.74. The first-order valence-electron chi connectivity index (χ1n) is 5.55. The van der Waals surface area contributed by atoms with Crippen LogP contribution in [-0.2, 0) is 9.47 Å². The molecule has 1 heterocycles. The van der Waals surface area contributed by atoms with Crippen LogP contribution in [0.5, 0.6) is 0 Å². The Hall–Kier alpha value is -0.340. The van der Waals surface area contributed by atoms with Gasteiger partial charge in [-0.2, -0.15) is 0 Å². The van der Waals surface area contributed by atoms with Crippen LogP contribution < -0.4 is 0 Å². The number of hydrogen-bond acceptors (Lipinski definition) is 2. The van der Waals surface area contributed by atoms with Gasteiger partial charge in [0.15, 0.2) is 5.79 Å². The van der Waals surface area contributed by atoms with Crippen LogP contribution in [0, 0.1) is 5.41 Å². The lowest BCUT2D eigenvalue weighted by atomic mass is 9.72. The first kappa shape index (κ1) is 10.2. The zero-order valence-electron chi connectivity index (χ0n) is 9.43. The zero-order chi connectivity index (χ0) is 10.2. The van der Waals surface area contributed by atoms with Crippen molar-refractivity contribution >= 4 is 0 Å². The Bertz CT molecular complexity index is 247. The summed E-state index contributed by atoms with van der Waals surface area (Å²) in [5.74, 6) is -0.290. The Morgan fingerprint density at radius 3 is 2.43 bits per heavy atom. The lowest BCUT2D eigenvalue weighted by Gasteiger charge is -2.41. The lowest BCUT2D eigenvalue weighted by molar-refractivity contribution is -0.176. The normalized spacial score (nSPS) is 29.2. The molecule has 0 amide bonds. The van der Waals surface area contributed by atoms with Crippen molar-refractivity contribution in [2.75, 3.05) is 13.2 Å². The summed E-state index contributed by atoms with van der Waals surface area (Å²) in [4.78, 5) is 0. The molecule has 0 aromatic carbocycles. The summed E-state index contributed by atoms with van der Waals surface area (Å²) in [5.41, 5.74) is 1.78. The third-order valence-corrected chi connectivity index (χ3v) is 3.43. The Labute approximate surface area is 86.3 Å². The van der Waals surface area contributed by atoms with Crippen molar-refractivity contribution in [1.82, 2.24) is 0 Å². The van der Waals surface area contributed by atoms with Crippen molar-refractivity contribution in [2.24, 2.45) is 5.41 Å². The topological polar surface area (TPSA) is 18.5 Å². The Morgan fingerprint density at radius 2 is 1.93 bits per heavy atom. The molecule has 0 N–H and O–H groups in total. The summed E-state index contributed by atoms with van der Waals surface area (Å²) in [5, 5.41) is 0. The van der Waals surface area contributed by atoms with Crippen LogP contribution in [0.2, 0.25) is 0 Å². The quantitative estimate of drug-likeness (QED) is 0.600. The highest BCUT2D eigenvalue weighted by atomic mass is 16.7. The van der Waals surface area contributed by atoms with Gasteiger partial charge in [0, 0.05) is 12.8 Å². The van der Waals surface area contributed by atoms with E-state index in [0.717, 1.165) is 32.5 Å². The van der Waals surface area contributed by atoms with E-state index >= 15 is 0 Å². The van der Waals surface area contributed by atoms with E-state index in [9.17, 15) is 0 Å². The van der Waals surface area contributed by atoms with Gasteiger partial charge in [-0.3, -0.25) is 0 Å². The van der Waals surface area contributed by atoms with Crippen LogP contribution >= 0.6 is 0 Å². The van der Waals surface area contributed by atoms with E-state index in [1.807, 2.05) is 0 Å². The lowest BCUT2D eigenvalue weighted by Crippen LogP contribution is -2.39. The minimum Gasteiger partial charge on any atom is -0.347 e. The van der Waals surface area contributed by atoms with Gasteiger partial charge in [0.1, 0.15) is 0 Å². The van der Waals surface area contributed by atoms with Gasteiger partial charge in [0.05, 0.1) is 13.2 Å². The molecule has 0 unspecified atom stereocenters. The van der Waals surface area contributed by atoms with E-state index in [1.54, 1.807) is 5.57 Å². The van der Waals surface area contributed by atoms with E-state index in [2.05, 4.69) is 26.8 Å². The molecule has 0 atom stereocenters. The average Bonchev–Trinajstić information content (AvgIpc) is 2.52. The highest BCUT2D eigenvalue weighted by molar-refractivity contribution is 5.18. The van der Waals surface area contributed by atoms with Crippen molar-refractivity contribution in [3.63, 3.8) is 0 Å². The molecule has 14 heavy (non-hydrogen) atoms. The van der Waals surface area contributed by atoms with Gasteiger partial charge in [-0.25, -0.2) is 0 Å². The predicted molar refractivity (Wildman–Crippen MR) is 56.0 cm³/mol. The second-order valence-electron chi connectivity index (χ2n) is 4.96. The first-order chi connectivity index (χ1) is 6.58. The van der Waals surface area contributed by atoms with Crippen LogP contribution in [-0.4, -0.2) is 19.0 Å². The Kier molecular flexibility index (Phi) is 2.44.